The Bertz CT molecular complexity index is 258. The zero-order chi connectivity index (χ0) is 12.3. The van der Waals surface area contributed by atoms with E-state index in [1.54, 1.807) is 0 Å². The predicted molar refractivity (Wildman–Crippen MR) is 78.8 cm³/mol. The van der Waals surface area contributed by atoms with Gasteiger partial charge in [-0.05, 0) is 50.9 Å². The standard InChI is InChI=1S/C9H10S.C4H9N.C2H6/c1-2-4-8(5-3-1)10-9-6-7-9;1-2-4-5-3-1;1-2/h1-5,9H,6-7H2;5H,1-4H2;1-2H3. The molecule has 1 saturated heterocycles. The van der Waals surface area contributed by atoms with Gasteiger partial charge in [0.1, 0.15) is 0 Å². The van der Waals surface area contributed by atoms with Crippen LogP contribution in [0.1, 0.15) is 39.5 Å². The van der Waals surface area contributed by atoms with Crippen LogP contribution in [0, 0.1) is 0 Å². The fraction of sp³-hybridized carbons (Fsp3) is 0.600. The van der Waals surface area contributed by atoms with E-state index in [4.69, 9.17) is 0 Å². The van der Waals surface area contributed by atoms with Crippen LogP contribution in [0.15, 0.2) is 35.2 Å². The van der Waals surface area contributed by atoms with Gasteiger partial charge in [-0.2, -0.15) is 0 Å². The summed E-state index contributed by atoms with van der Waals surface area (Å²) in [6, 6.07) is 10.6. The molecule has 0 atom stereocenters. The average molecular weight is 251 g/mol. The summed E-state index contributed by atoms with van der Waals surface area (Å²) in [5, 5.41) is 4.16. The summed E-state index contributed by atoms with van der Waals surface area (Å²) in [4.78, 5) is 1.42. The Labute approximate surface area is 110 Å². The molecule has 0 unspecified atom stereocenters. The molecule has 3 rings (SSSR count). The van der Waals surface area contributed by atoms with Crippen molar-refractivity contribution in [1.82, 2.24) is 5.32 Å². The van der Waals surface area contributed by atoms with Gasteiger partial charge in [-0.3, -0.25) is 0 Å². The molecular formula is C15H25NS. The normalized spacial score (nSPS) is 17.5. The Morgan fingerprint density at radius 1 is 1.00 bits per heavy atom. The molecule has 1 aliphatic carbocycles. The third kappa shape index (κ3) is 7.45. The zero-order valence-corrected chi connectivity index (χ0v) is 11.9. The maximum absolute atomic E-state index is 3.22. The molecule has 2 aliphatic rings. The highest BCUT2D eigenvalue weighted by molar-refractivity contribution is 8.00. The molecule has 0 spiro atoms. The molecule has 0 aromatic heterocycles. The molecule has 0 bridgehead atoms. The molecule has 1 saturated carbocycles. The van der Waals surface area contributed by atoms with Crippen molar-refractivity contribution in [2.24, 2.45) is 0 Å². The molecule has 1 aliphatic heterocycles. The lowest BCUT2D eigenvalue weighted by atomic mass is 10.4. The number of rotatable bonds is 2. The summed E-state index contributed by atoms with van der Waals surface area (Å²) in [6.45, 7) is 6.50. The van der Waals surface area contributed by atoms with Crippen LogP contribution >= 0.6 is 11.8 Å². The Morgan fingerprint density at radius 3 is 2.00 bits per heavy atom. The molecule has 0 amide bonds. The number of hydrogen-bond donors (Lipinski definition) is 1. The third-order valence-electron chi connectivity index (χ3n) is 2.53. The zero-order valence-electron chi connectivity index (χ0n) is 11.1. The molecular weight excluding hydrogens is 226 g/mol. The van der Waals surface area contributed by atoms with Crippen molar-refractivity contribution >= 4 is 11.8 Å². The van der Waals surface area contributed by atoms with Crippen molar-refractivity contribution in [2.75, 3.05) is 13.1 Å². The molecule has 2 fully saturated rings. The lowest BCUT2D eigenvalue weighted by Gasteiger charge is -1.95. The van der Waals surface area contributed by atoms with E-state index in [2.05, 4.69) is 35.6 Å². The summed E-state index contributed by atoms with van der Waals surface area (Å²) in [6.07, 6.45) is 5.61. The molecule has 0 radical (unpaired) electrons. The van der Waals surface area contributed by atoms with E-state index < -0.39 is 0 Å². The van der Waals surface area contributed by atoms with Gasteiger partial charge in [0.2, 0.25) is 0 Å². The summed E-state index contributed by atoms with van der Waals surface area (Å²) in [5.74, 6) is 0. The lowest BCUT2D eigenvalue weighted by molar-refractivity contribution is 0.857. The van der Waals surface area contributed by atoms with Crippen molar-refractivity contribution in [2.45, 2.75) is 49.7 Å². The Balaban J connectivity index is 0.000000175. The minimum Gasteiger partial charge on any atom is -0.317 e. The van der Waals surface area contributed by atoms with E-state index >= 15 is 0 Å². The van der Waals surface area contributed by atoms with Crippen LogP contribution in [0.4, 0.5) is 0 Å². The van der Waals surface area contributed by atoms with Crippen LogP contribution in [0.2, 0.25) is 0 Å². The number of benzene rings is 1. The second-order valence-electron chi connectivity index (χ2n) is 4.09. The van der Waals surface area contributed by atoms with Gasteiger partial charge in [-0.15, -0.1) is 11.8 Å². The Morgan fingerprint density at radius 2 is 1.59 bits per heavy atom. The minimum atomic E-state index is 0.933. The average Bonchev–Trinajstić information content (AvgIpc) is 3.02. The topological polar surface area (TPSA) is 12.0 Å². The van der Waals surface area contributed by atoms with Crippen molar-refractivity contribution < 1.29 is 0 Å². The van der Waals surface area contributed by atoms with Crippen molar-refractivity contribution in [3.8, 4) is 0 Å². The number of nitrogens with one attached hydrogen (secondary N) is 1. The van der Waals surface area contributed by atoms with Gasteiger partial charge in [0, 0.05) is 10.1 Å². The Kier molecular flexibility index (Phi) is 8.20. The van der Waals surface area contributed by atoms with Gasteiger partial charge in [-0.25, -0.2) is 0 Å². The predicted octanol–water partition coefficient (Wildman–Crippen LogP) is 4.34. The highest BCUT2D eigenvalue weighted by atomic mass is 32.2. The molecule has 1 aromatic rings. The van der Waals surface area contributed by atoms with Crippen LogP contribution in [0.5, 0.6) is 0 Å². The van der Waals surface area contributed by atoms with E-state index in [1.807, 2.05) is 25.6 Å². The van der Waals surface area contributed by atoms with Crippen molar-refractivity contribution in [3.05, 3.63) is 30.3 Å². The molecule has 2 heteroatoms. The first kappa shape index (κ1) is 14.6. The van der Waals surface area contributed by atoms with Crippen molar-refractivity contribution in [1.29, 1.82) is 0 Å². The van der Waals surface area contributed by atoms with E-state index in [-0.39, 0.29) is 0 Å². The first-order valence-electron chi connectivity index (χ1n) is 6.87. The second-order valence-corrected chi connectivity index (χ2v) is 5.46. The van der Waals surface area contributed by atoms with Gasteiger partial charge >= 0.3 is 0 Å². The summed E-state index contributed by atoms with van der Waals surface area (Å²) in [5.41, 5.74) is 0. The smallest absolute Gasteiger partial charge is 0.00952 e. The maximum atomic E-state index is 3.22. The summed E-state index contributed by atoms with van der Waals surface area (Å²) >= 11 is 2.01. The van der Waals surface area contributed by atoms with E-state index in [0.717, 1.165) is 5.25 Å². The van der Waals surface area contributed by atoms with Crippen LogP contribution in [-0.4, -0.2) is 18.3 Å². The minimum absolute atomic E-state index is 0.933. The third-order valence-corrected chi connectivity index (χ3v) is 3.88. The Hall–Kier alpha value is -0.470. The van der Waals surface area contributed by atoms with Crippen LogP contribution in [0.25, 0.3) is 0 Å². The summed E-state index contributed by atoms with van der Waals surface area (Å²) < 4.78 is 0. The van der Waals surface area contributed by atoms with Gasteiger partial charge in [0.25, 0.3) is 0 Å². The molecule has 1 heterocycles. The highest BCUT2D eigenvalue weighted by Gasteiger charge is 2.21. The largest absolute Gasteiger partial charge is 0.317 e. The number of hydrogen-bond acceptors (Lipinski definition) is 2. The lowest BCUT2D eigenvalue weighted by Crippen LogP contribution is -2.03. The fourth-order valence-corrected chi connectivity index (χ4v) is 2.57. The van der Waals surface area contributed by atoms with Gasteiger partial charge in [0.15, 0.2) is 0 Å². The summed E-state index contributed by atoms with van der Waals surface area (Å²) in [7, 11) is 0. The van der Waals surface area contributed by atoms with Crippen LogP contribution in [0.3, 0.4) is 0 Å². The molecule has 1 N–H and O–H groups in total. The molecule has 1 nitrogen and oxygen atoms in total. The van der Waals surface area contributed by atoms with E-state index in [1.165, 1.54) is 43.7 Å². The molecule has 1 aromatic carbocycles. The highest BCUT2D eigenvalue weighted by Crippen LogP contribution is 2.38. The second kappa shape index (κ2) is 9.55. The van der Waals surface area contributed by atoms with E-state index in [9.17, 15) is 0 Å². The fourth-order valence-electron chi connectivity index (χ4n) is 1.50. The van der Waals surface area contributed by atoms with Gasteiger partial charge in [0.05, 0.1) is 0 Å². The quantitative estimate of drug-likeness (QED) is 0.839. The molecule has 17 heavy (non-hydrogen) atoms. The first-order chi connectivity index (χ1) is 8.45. The maximum Gasteiger partial charge on any atom is 0.00952 e. The van der Waals surface area contributed by atoms with Gasteiger partial charge < -0.3 is 5.32 Å². The SMILES string of the molecule is C1CCNC1.CC.c1ccc(SC2CC2)cc1. The van der Waals surface area contributed by atoms with Crippen LogP contribution in [-0.2, 0) is 0 Å². The monoisotopic (exact) mass is 251 g/mol. The van der Waals surface area contributed by atoms with Crippen molar-refractivity contribution in [3.63, 3.8) is 0 Å². The first-order valence-corrected chi connectivity index (χ1v) is 7.75. The van der Waals surface area contributed by atoms with Gasteiger partial charge in [-0.1, -0.05) is 32.0 Å². The number of thioether (sulfide) groups is 1. The molecule has 96 valence electrons. The van der Waals surface area contributed by atoms with Crippen LogP contribution < -0.4 is 5.32 Å². The van der Waals surface area contributed by atoms with E-state index in [0.29, 0.717) is 0 Å².